The minimum Gasteiger partial charge on any atom is -0.293 e. The highest BCUT2D eigenvalue weighted by atomic mass is 32.2. The van der Waals surface area contributed by atoms with Gasteiger partial charge in [0.15, 0.2) is 0 Å². The van der Waals surface area contributed by atoms with Gasteiger partial charge in [-0.3, -0.25) is 40.2 Å². The molecule has 2 aromatic carbocycles. The molecule has 0 bridgehead atoms. The van der Waals surface area contributed by atoms with Crippen LogP contribution in [0.4, 0.5) is 5.69 Å². The van der Waals surface area contributed by atoms with E-state index in [1.54, 1.807) is 4.90 Å². The van der Waals surface area contributed by atoms with Crippen molar-refractivity contribution in [2.45, 2.75) is 32.6 Å². The van der Waals surface area contributed by atoms with Crippen molar-refractivity contribution < 1.29 is 19.3 Å². The number of thioether (sulfide) groups is 1. The van der Waals surface area contributed by atoms with Crippen molar-refractivity contribution in [3.8, 4) is 0 Å². The molecular formula is C24H24N4O5S2. The molecule has 0 aliphatic carbocycles. The van der Waals surface area contributed by atoms with Gasteiger partial charge in [-0.1, -0.05) is 60.2 Å². The maximum Gasteiger partial charge on any atom is 0.269 e. The summed E-state index contributed by atoms with van der Waals surface area (Å²) in [7, 11) is 0. The molecule has 1 saturated heterocycles. The van der Waals surface area contributed by atoms with Crippen LogP contribution in [0.15, 0.2) is 53.4 Å². The van der Waals surface area contributed by atoms with E-state index in [1.165, 1.54) is 36.0 Å². The van der Waals surface area contributed by atoms with Gasteiger partial charge in [0.1, 0.15) is 4.32 Å². The van der Waals surface area contributed by atoms with E-state index in [9.17, 15) is 24.5 Å². The highest BCUT2D eigenvalue weighted by molar-refractivity contribution is 8.26. The fraction of sp³-hybridized carbons (Fsp3) is 0.250. The quantitative estimate of drug-likeness (QED) is 0.170. The Morgan fingerprint density at radius 2 is 1.74 bits per heavy atom. The summed E-state index contributed by atoms with van der Waals surface area (Å²) in [6.07, 6.45) is 4.01. The Morgan fingerprint density at radius 1 is 1.06 bits per heavy atom. The van der Waals surface area contributed by atoms with Crippen molar-refractivity contribution in [1.29, 1.82) is 0 Å². The van der Waals surface area contributed by atoms with E-state index in [1.807, 2.05) is 37.3 Å². The summed E-state index contributed by atoms with van der Waals surface area (Å²) in [5.74, 6) is -1.03. The predicted octanol–water partition coefficient (Wildman–Crippen LogP) is 4.13. The van der Waals surface area contributed by atoms with Gasteiger partial charge in [-0.05, 0) is 43.5 Å². The molecule has 11 heteroatoms. The van der Waals surface area contributed by atoms with Crippen LogP contribution in [0.1, 0.15) is 47.2 Å². The van der Waals surface area contributed by atoms with Crippen LogP contribution in [-0.4, -0.2) is 38.4 Å². The number of rotatable bonds is 9. The van der Waals surface area contributed by atoms with Crippen LogP contribution in [0.3, 0.4) is 0 Å². The number of hydrazine groups is 1. The first-order valence-electron chi connectivity index (χ1n) is 10.9. The maximum atomic E-state index is 12.7. The lowest BCUT2D eigenvalue weighted by Gasteiger charge is -2.14. The molecule has 2 N–H and O–H groups in total. The molecule has 0 unspecified atom stereocenters. The number of nitrogens with one attached hydrogen (secondary N) is 2. The van der Waals surface area contributed by atoms with Crippen molar-refractivity contribution in [3.05, 3.63) is 80.2 Å². The molecule has 2 aromatic rings. The topological polar surface area (TPSA) is 122 Å². The van der Waals surface area contributed by atoms with E-state index in [0.29, 0.717) is 35.0 Å². The van der Waals surface area contributed by atoms with Crippen molar-refractivity contribution in [2.75, 3.05) is 6.54 Å². The smallest absolute Gasteiger partial charge is 0.269 e. The second kappa shape index (κ2) is 12.2. The van der Waals surface area contributed by atoms with Gasteiger partial charge >= 0.3 is 0 Å². The molecular weight excluding hydrogens is 488 g/mol. The van der Waals surface area contributed by atoms with E-state index in [4.69, 9.17) is 12.2 Å². The first-order chi connectivity index (χ1) is 16.7. The normalized spacial score (nSPS) is 14.3. The van der Waals surface area contributed by atoms with Crippen molar-refractivity contribution in [3.63, 3.8) is 0 Å². The average molecular weight is 513 g/mol. The van der Waals surface area contributed by atoms with Crippen LogP contribution in [-0.2, 0) is 9.59 Å². The zero-order chi connectivity index (χ0) is 25.4. The van der Waals surface area contributed by atoms with Crippen LogP contribution in [0.2, 0.25) is 0 Å². The van der Waals surface area contributed by atoms with Crippen molar-refractivity contribution in [1.82, 2.24) is 15.8 Å². The molecule has 3 rings (SSSR count). The number of amides is 3. The number of benzene rings is 2. The number of thiocarbonyl (C=S) groups is 1. The molecule has 1 fully saturated rings. The van der Waals surface area contributed by atoms with E-state index in [0.717, 1.165) is 11.1 Å². The Morgan fingerprint density at radius 3 is 2.40 bits per heavy atom. The summed E-state index contributed by atoms with van der Waals surface area (Å²) in [5, 5.41) is 10.7. The molecule has 0 saturated carbocycles. The lowest BCUT2D eigenvalue weighted by atomic mass is 10.1. The number of nitrogens with zero attached hydrogens (tertiary/aromatic N) is 2. The first-order valence-corrected chi connectivity index (χ1v) is 12.1. The maximum absolute atomic E-state index is 12.7. The Kier molecular flexibility index (Phi) is 9.10. The summed E-state index contributed by atoms with van der Waals surface area (Å²) >= 11 is 6.65. The molecule has 0 aromatic heterocycles. The van der Waals surface area contributed by atoms with Gasteiger partial charge in [0.2, 0.25) is 5.91 Å². The lowest BCUT2D eigenvalue weighted by molar-refractivity contribution is -0.384. The SMILES string of the molecule is Cc1ccc(/C=C2\SC(=S)N(CCCCCC(=O)NNC(=O)c3ccc([N+](=O)[O-])cc3)C2=O)cc1. The third-order valence-electron chi connectivity index (χ3n) is 5.19. The third-order valence-corrected chi connectivity index (χ3v) is 6.57. The molecule has 35 heavy (non-hydrogen) atoms. The fourth-order valence-corrected chi connectivity index (χ4v) is 4.54. The van der Waals surface area contributed by atoms with Gasteiger partial charge in [-0.25, -0.2) is 0 Å². The Hall–Kier alpha value is -3.57. The van der Waals surface area contributed by atoms with Gasteiger partial charge in [0.05, 0.1) is 9.83 Å². The number of nitro benzene ring substituents is 1. The molecule has 1 aliphatic rings. The van der Waals surface area contributed by atoms with Crippen molar-refractivity contribution in [2.24, 2.45) is 0 Å². The Bertz CT molecular complexity index is 1160. The van der Waals surface area contributed by atoms with Crippen molar-refractivity contribution >= 4 is 57.8 Å². The molecule has 1 heterocycles. The number of nitro groups is 1. The van der Waals surface area contributed by atoms with Gasteiger partial charge in [-0.2, -0.15) is 0 Å². The zero-order valence-corrected chi connectivity index (χ0v) is 20.6. The molecule has 0 atom stereocenters. The van der Waals surface area contributed by atoms with Gasteiger partial charge in [-0.15, -0.1) is 0 Å². The molecule has 3 amide bonds. The summed E-state index contributed by atoms with van der Waals surface area (Å²) in [6, 6.07) is 12.9. The largest absolute Gasteiger partial charge is 0.293 e. The summed E-state index contributed by atoms with van der Waals surface area (Å²) in [4.78, 5) is 49.0. The number of aryl methyl sites for hydroxylation is 1. The average Bonchev–Trinajstić information content (AvgIpc) is 3.11. The monoisotopic (exact) mass is 512 g/mol. The summed E-state index contributed by atoms with van der Waals surface area (Å²) < 4.78 is 0.528. The summed E-state index contributed by atoms with van der Waals surface area (Å²) in [6.45, 7) is 2.49. The van der Waals surface area contributed by atoms with Crippen LogP contribution in [0.25, 0.3) is 6.08 Å². The first kappa shape index (κ1) is 26.0. The zero-order valence-electron chi connectivity index (χ0n) is 19.0. The minimum atomic E-state index is -0.568. The number of carbonyl (C=O) groups excluding carboxylic acids is 3. The number of carbonyl (C=O) groups is 3. The molecule has 182 valence electrons. The molecule has 0 radical (unpaired) electrons. The number of hydrogen-bond donors (Lipinski definition) is 2. The van der Waals surface area contributed by atoms with E-state index in [-0.39, 0.29) is 29.5 Å². The molecule has 1 aliphatic heterocycles. The highest BCUT2D eigenvalue weighted by Crippen LogP contribution is 2.32. The van der Waals surface area contributed by atoms with Gasteiger partial charge in [0.25, 0.3) is 17.5 Å². The minimum absolute atomic E-state index is 0.104. The molecule has 9 nitrogen and oxygen atoms in total. The second-order valence-electron chi connectivity index (χ2n) is 7.86. The number of hydrogen-bond acceptors (Lipinski definition) is 7. The van der Waals surface area contributed by atoms with Crippen LogP contribution in [0, 0.1) is 17.0 Å². The van der Waals surface area contributed by atoms with Crippen LogP contribution in [0.5, 0.6) is 0 Å². The van der Waals surface area contributed by atoms with E-state index >= 15 is 0 Å². The lowest BCUT2D eigenvalue weighted by Crippen LogP contribution is -2.41. The second-order valence-corrected chi connectivity index (χ2v) is 9.54. The third kappa shape index (κ3) is 7.46. The number of non-ortho nitro benzene ring substituents is 1. The summed E-state index contributed by atoms with van der Waals surface area (Å²) in [5.41, 5.74) is 6.77. The van der Waals surface area contributed by atoms with E-state index < -0.39 is 10.8 Å². The fourth-order valence-electron chi connectivity index (χ4n) is 3.23. The standard InChI is InChI=1S/C24H24N4O5S2/c1-16-6-8-17(9-7-16)15-20-23(31)27(24(34)35-20)14-4-2-3-5-21(29)25-26-22(30)18-10-12-19(13-11-18)28(32)33/h6-13,15H,2-5,14H2,1H3,(H,25,29)(H,26,30)/b20-15-. The number of unbranched alkanes of at least 4 members (excludes halogenated alkanes) is 2. The molecule has 0 spiro atoms. The predicted molar refractivity (Wildman–Crippen MR) is 138 cm³/mol. The van der Waals surface area contributed by atoms with Crippen LogP contribution < -0.4 is 10.9 Å². The van der Waals surface area contributed by atoms with Crippen LogP contribution >= 0.6 is 24.0 Å². The van der Waals surface area contributed by atoms with E-state index in [2.05, 4.69) is 10.9 Å². The van der Waals surface area contributed by atoms with Gasteiger partial charge < -0.3 is 0 Å². The Balaban J connectivity index is 1.35. The van der Waals surface area contributed by atoms with Gasteiger partial charge in [0, 0.05) is 30.7 Å². The highest BCUT2D eigenvalue weighted by Gasteiger charge is 2.31. The Labute approximate surface area is 212 Å².